The van der Waals surface area contributed by atoms with Crippen molar-refractivity contribution in [2.75, 3.05) is 0 Å². The molecule has 0 atom stereocenters. The number of ether oxygens (including phenoxy) is 1. The van der Waals surface area contributed by atoms with Crippen molar-refractivity contribution in [2.24, 2.45) is 0 Å². The molecule has 0 saturated heterocycles. The molecule has 0 radical (unpaired) electrons. The Morgan fingerprint density at radius 3 is 1.87 bits per heavy atom. The summed E-state index contributed by atoms with van der Waals surface area (Å²) in [4.78, 5) is 19.8. The summed E-state index contributed by atoms with van der Waals surface area (Å²) in [5.74, 6) is -0.304. The SMILES string of the molecule is CC(=O)OC=Cc1ccccc1.O=[N+]([O-])C=Cc1ccccc1. The Kier molecular flexibility index (Phi) is 8.15. The van der Waals surface area contributed by atoms with Gasteiger partial charge in [0, 0.05) is 13.0 Å². The minimum absolute atomic E-state index is 0.304. The Hall–Kier alpha value is -3.21. The molecule has 0 unspecified atom stereocenters. The Morgan fingerprint density at radius 1 is 0.957 bits per heavy atom. The van der Waals surface area contributed by atoms with Gasteiger partial charge in [-0.05, 0) is 17.2 Å². The third-order valence-corrected chi connectivity index (χ3v) is 2.48. The van der Waals surface area contributed by atoms with Gasteiger partial charge in [0.25, 0.3) is 0 Å². The van der Waals surface area contributed by atoms with E-state index in [2.05, 4.69) is 4.74 Å². The average molecular weight is 311 g/mol. The lowest BCUT2D eigenvalue weighted by Gasteiger charge is -1.91. The van der Waals surface area contributed by atoms with Crippen molar-refractivity contribution >= 4 is 18.1 Å². The largest absolute Gasteiger partial charge is 0.435 e. The lowest BCUT2D eigenvalue weighted by Crippen LogP contribution is -1.88. The van der Waals surface area contributed by atoms with E-state index in [9.17, 15) is 14.9 Å². The first-order valence-electron chi connectivity index (χ1n) is 6.83. The van der Waals surface area contributed by atoms with Crippen LogP contribution >= 0.6 is 0 Å². The van der Waals surface area contributed by atoms with E-state index in [1.54, 1.807) is 18.2 Å². The smallest absolute Gasteiger partial charge is 0.307 e. The Balaban J connectivity index is 0.000000231. The minimum atomic E-state index is -0.479. The summed E-state index contributed by atoms with van der Waals surface area (Å²) in [5.41, 5.74) is 1.85. The van der Waals surface area contributed by atoms with Crippen LogP contribution in [-0.2, 0) is 9.53 Å². The van der Waals surface area contributed by atoms with E-state index in [0.717, 1.165) is 17.3 Å². The number of benzene rings is 2. The van der Waals surface area contributed by atoms with E-state index in [-0.39, 0.29) is 5.97 Å². The monoisotopic (exact) mass is 311 g/mol. The van der Waals surface area contributed by atoms with Gasteiger partial charge in [-0.3, -0.25) is 14.9 Å². The number of rotatable bonds is 4. The van der Waals surface area contributed by atoms with E-state index >= 15 is 0 Å². The van der Waals surface area contributed by atoms with Gasteiger partial charge in [0.1, 0.15) is 0 Å². The molecule has 2 aromatic rings. The van der Waals surface area contributed by atoms with Gasteiger partial charge in [0.05, 0.1) is 11.2 Å². The normalized spacial score (nSPS) is 10.1. The predicted molar refractivity (Wildman–Crippen MR) is 89.7 cm³/mol. The summed E-state index contributed by atoms with van der Waals surface area (Å²) in [6, 6.07) is 18.8. The highest BCUT2D eigenvalue weighted by Crippen LogP contribution is 2.01. The highest BCUT2D eigenvalue weighted by atomic mass is 16.6. The molecule has 0 aromatic heterocycles. The third-order valence-electron chi connectivity index (χ3n) is 2.48. The second-order valence-corrected chi connectivity index (χ2v) is 4.33. The van der Waals surface area contributed by atoms with Crippen LogP contribution in [0.15, 0.2) is 73.1 Å². The van der Waals surface area contributed by atoms with Crippen LogP contribution in [0, 0.1) is 10.1 Å². The first-order valence-corrected chi connectivity index (χ1v) is 6.83. The lowest BCUT2D eigenvalue weighted by molar-refractivity contribution is -0.400. The van der Waals surface area contributed by atoms with Crippen LogP contribution in [0.25, 0.3) is 12.2 Å². The highest BCUT2D eigenvalue weighted by Gasteiger charge is 1.87. The number of hydrogen-bond donors (Lipinski definition) is 0. The van der Waals surface area contributed by atoms with Gasteiger partial charge in [-0.2, -0.15) is 0 Å². The molecule has 0 saturated carbocycles. The summed E-state index contributed by atoms with van der Waals surface area (Å²) >= 11 is 0. The number of carbonyl (C=O) groups excluding carboxylic acids is 1. The Labute approximate surface area is 134 Å². The molecule has 2 rings (SSSR count). The van der Waals surface area contributed by atoms with Crippen molar-refractivity contribution < 1.29 is 14.5 Å². The fourth-order valence-electron chi connectivity index (χ4n) is 1.48. The van der Waals surface area contributed by atoms with Crippen LogP contribution in [0.1, 0.15) is 18.1 Å². The van der Waals surface area contributed by atoms with Gasteiger partial charge in [-0.1, -0.05) is 60.7 Å². The molecular weight excluding hydrogens is 294 g/mol. The zero-order chi connectivity index (χ0) is 16.9. The van der Waals surface area contributed by atoms with E-state index in [1.165, 1.54) is 19.3 Å². The number of hydrogen-bond acceptors (Lipinski definition) is 4. The van der Waals surface area contributed by atoms with Crippen LogP contribution in [0.4, 0.5) is 0 Å². The van der Waals surface area contributed by atoms with Gasteiger partial charge < -0.3 is 4.74 Å². The molecule has 0 aliphatic carbocycles. The van der Waals surface area contributed by atoms with Crippen molar-refractivity contribution in [2.45, 2.75) is 6.92 Å². The highest BCUT2D eigenvalue weighted by molar-refractivity contribution is 5.67. The summed E-state index contributed by atoms with van der Waals surface area (Å²) in [6.45, 7) is 1.37. The maximum Gasteiger partial charge on any atom is 0.307 e. The maximum atomic E-state index is 10.4. The van der Waals surface area contributed by atoms with E-state index in [0.29, 0.717) is 0 Å². The van der Waals surface area contributed by atoms with Crippen LogP contribution < -0.4 is 0 Å². The van der Waals surface area contributed by atoms with Crippen LogP contribution in [-0.4, -0.2) is 10.9 Å². The van der Waals surface area contributed by atoms with Crippen molar-refractivity contribution in [3.8, 4) is 0 Å². The van der Waals surface area contributed by atoms with Gasteiger partial charge in [-0.15, -0.1) is 0 Å². The van der Waals surface area contributed by atoms with E-state index in [4.69, 9.17) is 0 Å². The summed E-state index contributed by atoms with van der Waals surface area (Å²) in [5, 5.41) is 9.89. The minimum Gasteiger partial charge on any atom is -0.435 e. The fourth-order valence-corrected chi connectivity index (χ4v) is 1.48. The molecule has 118 valence electrons. The molecule has 5 heteroatoms. The molecule has 0 fully saturated rings. The zero-order valence-corrected chi connectivity index (χ0v) is 12.7. The molecule has 2 aromatic carbocycles. The number of nitro groups is 1. The molecule has 0 aliphatic heterocycles. The molecule has 0 aliphatic rings. The lowest BCUT2D eigenvalue weighted by atomic mass is 10.2. The number of esters is 1. The predicted octanol–water partition coefficient (Wildman–Crippen LogP) is 4.15. The number of nitrogens with zero attached hydrogens (tertiary/aromatic N) is 1. The summed E-state index contributed by atoms with van der Waals surface area (Å²) in [7, 11) is 0. The Bertz CT molecular complexity index is 664. The van der Waals surface area contributed by atoms with E-state index < -0.39 is 4.92 Å². The number of carbonyl (C=O) groups is 1. The third kappa shape index (κ3) is 9.36. The van der Waals surface area contributed by atoms with Gasteiger partial charge >= 0.3 is 5.97 Å². The molecule has 0 heterocycles. The average Bonchev–Trinajstić information content (AvgIpc) is 2.55. The maximum absolute atomic E-state index is 10.4. The van der Waals surface area contributed by atoms with E-state index in [1.807, 2.05) is 48.5 Å². The van der Waals surface area contributed by atoms with Crippen molar-refractivity contribution in [1.29, 1.82) is 0 Å². The zero-order valence-electron chi connectivity index (χ0n) is 12.7. The molecule has 23 heavy (non-hydrogen) atoms. The second kappa shape index (κ2) is 10.5. The van der Waals surface area contributed by atoms with Crippen molar-refractivity contribution in [1.82, 2.24) is 0 Å². The first-order chi connectivity index (χ1) is 11.1. The Morgan fingerprint density at radius 2 is 1.43 bits per heavy atom. The van der Waals surface area contributed by atoms with Crippen LogP contribution in [0.2, 0.25) is 0 Å². The molecule has 0 spiro atoms. The molecule has 0 amide bonds. The molecule has 0 N–H and O–H groups in total. The first kappa shape index (κ1) is 17.8. The standard InChI is InChI=1S/C10H10O2.C8H7NO2/c1-9(11)12-8-7-10-5-3-2-4-6-10;10-9(11)7-6-8-4-2-1-3-5-8/h2-8H,1H3;1-7H. The van der Waals surface area contributed by atoms with Gasteiger partial charge in [-0.25, -0.2) is 0 Å². The topological polar surface area (TPSA) is 69.4 Å². The van der Waals surface area contributed by atoms with Crippen LogP contribution in [0.5, 0.6) is 0 Å². The molecule has 5 nitrogen and oxygen atoms in total. The van der Waals surface area contributed by atoms with Gasteiger partial charge in [0.2, 0.25) is 6.20 Å². The molecular formula is C18H17NO4. The quantitative estimate of drug-likeness (QED) is 0.368. The van der Waals surface area contributed by atoms with Crippen LogP contribution in [0.3, 0.4) is 0 Å². The van der Waals surface area contributed by atoms with Crippen molar-refractivity contribution in [3.63, 3.8) is 0 Å². The molecule has 0 bridgehead atoms. The van der Waals surface area contributed by atoms with Crippen molar-refractivity contribution in [3.05, 3.63) is 94.4 Å². The fraction of sp³-hybridized carbons (Fsp3) is 0.0556. The second-order valence-electron chi connectivity index (χ2n) is 4.33. The van der Waals surface area contributed by atoms with Gasteiger partial charge in [0.15, 0.2) is 0 Å². The summed E-state index contributed by atoms with van der Waals surface area (Å²) < 4.78 is 4.63. The summed E-state index contributed by atoms with van der Waals surface area (Å²) in [6.07, 6.45) is 5.51.